The summed E-state index contributed by atoms with van der Waals surface area (Å²) in [7, 11) is 0. The highest BCUT2D eigenvalue weighted by molar-refractivity contribution is 5.01. The Kier molecular flexibility index (Phi) is 13.9. The van der Waals surface area contributed by atoms with Gasteiger partial charge in [-0.1, -0.05) is 26.5 Å². The molecule has 0 saturated heterocycles. The van der Waals surface area contributed by atoms with Crippen LogP contribution in [0.1, 0.15) is 20.8 Å². The summed E-state index contributed by atoms with van der Waals surface area (Å²) < 4.78 is 16.3. The third kappa shape index (κ3) is 12.4. The summed E-state index contributed by atoms with van der Waals surface area (Å²) in [4.78, 5) is 0. The summed E-state index contributed by atoms with van der Waals surface area (Å²) in [5.41, 5.74) is 0. The van der Waals surface area contributed by atoms with Crippen LogP contribution in [-0.4, -0.2) is 13.3 Å². The van der Waals surface area contributed by atoms with Gasteiger partial charge >= 0.3 is 0 Å². The van der Waals surface area contributed by atoms with E-state index >= 15 is 0 Å². The Morgan fingerprint density at radius 3 is 2.45 bits per heavy atom. The van der Waals surface area contributed by atoms with Crippen LogP contribution in [0.3, 0.4) is 0 Å². The van der Waals surface area contributed by atoms with E-state index in [9.17, 15) is 4.39 Å². The van der Waals surface area contributed by atoms with Gasteiger partial charge in [0.2, 0.25) is 0 Å². The average molecular weight is 160 g/mol. The lowest BCUT2D eigenvalue weighted by atomic mass is 10.5. The normalized spacial score (nSPS) is 9.64. The Balaban J connectivity index is 0. The molecule has 0 saturated carbocycles. The minimum Gasteiger partial charge on any atom is -0.496 e. The minimum absolute atomic E-state index is 0.135. The standard InChI is InChI=1S/C7H11FO.C2H6/c1-3-4-7(2)9-6-5-8;1-2/h3-4H,1,5-6H2,2H3;1-2H3/b7-4+;. The van der Waals surface area contributed by atoms with Crippen molar-refractivity contribution >= 4 is 0 Å². The van der Waals surface area contributed by atoms with E-state index in [-0.39, 0.29) is 6.61 Å². The van der Waals surface area contributed by atoms with Crippen molar-refractivity contribution in [2.45, 2.75) is 20.8 Å². The molecule has 0 aliphatic rings. The maximum Gasteiger partial charge on any atom is 0.123 e. The fourth-order valence-corrected chi connectivity index (χ4v) is 0.414. The van der Waals surface area contributed by atoms with E-state index in [0.717, 1.165) is 0 Å². The predicted molar refractivity (Wildman–Crippen MR) is 47.2 cm³/mol. The molecule has 0 aromatic carbocycles. The van der Waals surface area contributed by atoms with Crippen molar-refractivity contribution in [2.24, 2.45) is 0 Å². The zero-order valence-electron chi connectivity index (χ0n) is 7.56. The summed E-state index contributed by atoms with van der Waals surface area (Å²) in [6, 6.07) is 0. The molecular formula is C9H17FO. The van der Waals surface area contributed by atoms with E-state index in [1.807, 2.05) is 13.8 Å². The van der Waals surface area contributed by atoms with Gasteiger partial charge in [-0.15, -0.1) is 0 Å². The highest BCUT2D eigenvalue weighted by atomic mass is 19.1. The molecule has 0 atom stereocenters. The zero-order valence-corrected chi connectivity index (χ0v) is 7.56. The van der Waals surface area contributed by atoms with E-state index in [2.05, 4.69) is 6.58 Å². The molecule has 0 amide bonds. The number of rotatable bonds is 4. The van der Waals surface area contributed by atoms with Gasteiger partial charge in [0.15, 0.2) is 0 Å². The highest BCUT2D eigenvalue weighted by Crippen LogP contribution is 1.93. The van der Waals surface area contributed by atoms with Gasteiger partial charge in [-0.05, 0) is 13.0 Å². The summed E-state index contributed by atoms with van der Waals surface area (Å²) in [6.07, 6.45) is 3.29. The smallest absolute Gasteiger partial charge is 0.123 e. The molecule has 2 heteroatoms. The Morgan fingerprint density at radius 1 is 1.55 bits per heavy atom. The molecule has 11 heavy (non-hydrogen) atoms. The van der Waals surface area contributed by atoms with E-state index in [4.69, 9.17) is 4.74 Å². The van der Waals surface area contributed by atoms with Crippen LogP contribution in [-0.2, 0) is 4.74 Å². The van der Waals surface area contributed by atoms with Crippen molar-refractivity contribution < 1.29 is 9.13 Å². The summed E-state index contributed by atoms with van der Waals surface area (Å²) in [6.45, 7) is 8.91. The summed E-state index contributed by atoms with van der Waals surface area (Å²) >= 11 is 0. The van der Waals surface area contributed by atoms with Gasteiger partial charge in [0.25, 0.3) is 0 Å². The molecule has 0 rings (SSSR count). The molecule has 0 aliphatic heterocycles. The van der Waals surface area contributed by atoms with Crippen LogP contribution in [0, 0.1) is 0 Å². The minimum atomic E-state index is -0.442. The molecule has 66 valence electrons. The quantitative estimate of drug-likeness (QED) is 0.453. The number of allylic oxidation sites excluding steroid dienone is 3. The first-order valence-electron chi connectivity index (χ1n) is 3.79. The van der Waals surface area contributed by atoms with E-state index in [0.29, 0.717) is 5.76 Å². The zero-order chi connectivity index (χ0) is 9.11. The fourth-order valence-electron chi connectivity index (χ4n) is 0.414. The van der Waals surface area contributed by atoms with Crippen molar-refractivity contribution in [2.75, 3.05) is 13.3 Å². The van der Waals surface area contributed by atoms with Crippen molar-refractivity contribution in [1.82, 2.24) is 0 Å². The van der Waals surface area contributed by atoms with Gasteiger partial charge in [-0.25, -0.2) is 4.39 Å². The molecule has 0 aromatic heterocycles. The number of ether oxygens (including phenoxy) is 1. The summed E-state index contributed by atoms with van der Waals surface area (Å²) in [5.74, 6) is 0.697. The van der Waals surface area contributed by atoms with Crippen LogP contribution in [0.2, 0.25) is 0 Å². The maximum absolute atomic E-state index is 11.4. The Labute approximate surface area is 68.6 Å². The molecule has 0 fully saturated rings. The first-order chi connectivity index (χ1) is 5.31. The molecule has 0 aromatic rings. The van der Waals surface area contributed by atoms with E-state index < -0.39 is 6.67 Å². The number of hydrogen-bond donors (Lipinski definition) is 0. The third-order valence-corrected chi connectivity index (χ3v) is 0.759. The molecule has 0 radical (unpaired) electrons. The van der Waals surface area contributed by atoms with Crippen LogP contribution < -0.4 is 0 Å². The first kappa shape index (κ1) is 12.8. The molecule has 0 heterocycles. The second kappa shape index (κ2) is 11.9. The largest absolute Gasteiger partial charge is 0.496 e. The molecule has 0 bridgehead atoms. The molecule has 1 nitrogen and oxygen atoms in total. The third-order valence-electron chi connectivity index (χ3n) is 0.759. The van der Waals surface area contributed by atoms with Gasteiger partial charge in [-0.3, -0.25) is 0 Å². The molecular weight excluding hydrogens is 143 g/mol. The van der Waals surface area contributed by atoms with Crippen molar-refractivity contribution in [3.63, 3.8) is 0 Å². The lowest BCUT2D eigenvalue weighted by Crippen LogP contribution is -1.92. The predicted octanol–water partition coefficient (Wildman–Crippen LogP) is 3.09. The highest BCUT2D eigenvalue weighted by Gasteiger charge is 1.84. The van der Waals surface area contributed by atoms with Crippen molar-refractivity contribution in [1.29, 1.82) is 0 Å². The number of alkyl halides is 1. The van der Waals surface area contributed by atoms with Crippen LogP contribution in [0.4, 0.5) is 4.39 Å². The Bertz CT molecular complexity index is 108. The van der Waals surface area contributed by atoms with Crippen LogP contribution >= 0.6 is 0 Å². The number of halogens is 1. The lowest BCUT2D eigenvalue weighted by molar-refractivity contribution is 0.189. The monoisotopic (exact) mass is 160 g/mol. The first-order valence-corrected chi connectivity index (χ1v) is 3.79. The van der Waals surface area contributed by atoms with Gasteiger partial charge < -0.3 is 4.74 Å². The fraction of sp³-hybridized carbons (Fsp3) is 0.556. The SMILES string of the molecule is C=C/C=C(\C)OCCF.CC. The average Bonchev–Trinajstić information content (AvgIpc) is 2.05. The number of hydrogen-bond acceptors (Lipinski definition) is 1. The topological polar surface area (TPSA) is 9.23 Å². The molecule has 0 spiro atoms. The Hall–Kier alpha value is -0.790. The van der Waals surface area contributed by atoms with Crippen LogP contribution in [0.5, 0.6) is 0 Å². The van der Waals surface area contributed by atoms with Gasteiger partial charge in [-0.2, -0.15) is 0 Å². The molecule has 0 N–H and O–H groups in total. The van der Waals surface area contributed by atoms with E-state index in [1.165, 1.54) is 0 Å². The van der Waals surface area contributed by atoms with Gasteiger partial charge in [0, 0.05) is 0 Å². The van der Waals surface area contributed by atoms with E-state index in [1.54, 1.807) is 19.1 Å². The van der Waals surface area contributed by atoms with Crippen molar-refractivity contribution in [3.05, 3.63) is 24.5 Å². The van der Waals surface area contributed by atoms with Crippen molar-refractivity contribution in [3.8, 4) is 0 Å². The molecule has 0 aliphatic carbocycles. The maximum atomic E-state index is 11.4. The lowest BCUT2D eigenvalue weighted by Gasteiger charge is -2.00. The molecule has 0 unspecified atom stereocenters. The van der Waals surface area contributed by atoms with Gasteiger partial charge in [0.05, 0.1) is 5.76 Å². The van der Waals surface area contributed by atoms with Crippen LogP contribution in [0.25, 0.3) is 0 Å². The van der Waals surface area contributed by atoms with Crippen LogP contribution in [0.15, 0.2) is 24.5 Å². The Morgan fingerprint density at radius 2 is 2.09 bits per heavy atom. The second-order valence-electron chi connectivity index (χ2n) is 1.55. The summed E-state index contributed by atoms with van der Waals surface area (Å²) in [5, 5.41) is 0. The second-order valence-corrected chi connectivity index (χ2v) is 1.55. The van der Waals surface area contributed by atoms with Gasteiger partial charge in [0.1, 0.15) is 13.3 Å².